The van der Waals surface area contributed by atoms with Gasteiger partial charge in [-0.05, 0) is 18.1 Å². The Morgan fingerprint density at radius 3 is 2.50 bits per heavy atom. The van der Waals surface area contributed by atoms with Gasteiger partial charge in [-0.3, -0.25) is 0 Å². The van der Waals surface area contributed by atoms with Crippen LogP contribution in [0, 0.1) is 5.82 Å². The highest BCUT2D eigenvalue weighted by atomic mass is 19.1. The van der Waals surface area contributed by atoms with E-state index < -0.39 is 6.29 Å². The lowest BCUT2D eigenvalue weighted by atomic mass is 10.1. The summed E-state index contributed by atoms with van der Waals surface area (Å²) in [6.07, 6.45) is -0.987. The standard InChI is InChI=1S/C9H11FO2/c1-2-6-3-4-7(9(11)12)5-8(6)10/h3-5,9,11-12H,2H2,1H3. The average molecular weight is 170 g/mol. The molecule has 0 atom stereocenters. The number of rotatable bonds is 2. The lowest BCUT2D eigenvalue weighted by molar-refractivity contribution is -0.0427. The van der Waals surface area contributed by atoms with E-state index in [9.17, 15) is 4.39 Å². The van der Waals surface area contributed by atoms with Crippen molar-refractivity contribution in [3.05, 3.63) is 35.1 Å². The molecule has 0 radical (unpaired) electrons. The second kappa shape index (κ2) is 3.65. The quantitative estimate of drug-likeness (QED) is 0.658. The molecule has 66 valence electrons. The van der Waals surface area contributed by atoms with Crippen LogP contribution >= 0.6 is 0 Å². The zero-order valence-corrected chi connectivity index (χ0v) is 6.79. The van der Waals surface area contributed by atoms with Gasteiger partial charge in [-0.1, -0.05) is 19.1 Å². The van der Waals surface area contributed by atoms with Crippen molar-refractivity contribution in [3.8, 4) is 0 Å². The van der Waals surface area contributed by atoms with Crippen LogP contribution in [0.3, 0.4) is 0 Å². The van der Waals surface area contributed by atoms with Crippen molar-refractivity contribution in [1.82, 2.24) is 0 Å². The molecule has 0 bridgehead atoms. The maximum absolute atomic E-state index is 13.0. The van der Waals surface area contributed by atoms with Crippen LogP contribution in [-0.4, -0.2) is 10.2 Å². The zero-order chi connectivity index (χ0) is 9.14. The normalized spacial score (nSPS) is 10.8. The van der Waals surface area contributed by atoms with Gasteiger partial charge in [-0.25, -0.2) is 4.39 Å². The van der Waals surface area contributed by atoms with Gasteiger partial charge in [0.2, 0.25) is 0 Å². The third-order valence-electron chi connectivity index (χ3n) is 1.76. The Hall–Kier alpha value is -0.930. The second-order valence-electron chi connectivity index (χ2n) is 2.58. The molecule has 2 N–H and O–H groups in total. The van der Waals surface area contributed by atoms with Crippen molar-refractivity contribution in [2.24, 2.45) is 0 Å². The van der Waals surface area contributed by atoms with Gasteiger partial charge >= 0.3 is 0 Å². The lowest BCUT2D eigenvalue weighted by Crippen LogP contribution is -1.97. The molecule has 0 aliphatic carbocycles. The highest BCUT2D eigenvalue weighted by Crippen LogP contribution is 2.15. The minimum Gasteiger partial charge on any atom is -0.364 e. The Bertz CT molecular complexity index is 271. The first-order valence-electron chi connectivity index (χ1n) is 3.79. The number of halogens is 1. The van der Waals surface area contributed by atoms with Crippen molar-refractivity contribution in [3.63, 3.8) is 0 Å². The molecule has 3 heteroatoms. The van der Waals surface area contributed by atoms with E-state index in [1.54, 1.807) is 6.07 Å². The summed E-state index contributed by atoms with van der Waals surface area (Å²) in [6.45, 7) is 1.84. The number of hydrogen-bond acceptors (Lipinski definition) is 2. The first-order chi connectivity index (χ1) is 5.65. The molecule has 0 aliphatic heterocycles. The molecule has 0 fully saturated rings. The molecule has 0 amide bonds. The van der Waals surface area contributed by atoms with Gasteiger partial charge in [-0.15, -0.1) is 0 Å². The molecule has 2 nitrogen and oxygen atoms in total. The van der Waals surface area contributed by atoms with Crippen molar-refractivity contribution in [2.75, 3.05) is 0 Å². The van der Waals surface area contributed by atoms with Crippen molar-refractivity contribution >= 4 is 0 Å². The molecule has 0 saturated heterocycles. The van der Waals surface area contributed by atoms with E-state index >= 15 is 0 Å². The van der Waals surface area contributed by atoms with Crippen LogP contribution in [0.2, 0.25) is 0 Å². The summed E-state index contributed by atoms with van der Waals surface area (Å²) in [7, 11) is 0. The van der Waals surface area contributed by atoms with Crippen LogP contribution in [0.5, 0.6) is 0 Å². The Labute approximate surface area is 70.3 Å². The molecule has 0 aliphatic rings. The maximum Gasteiger partial charge on any atom is 0.178 e. The summed E-state index contributed by atoms with van der Waals surface area (Å²) >= 11 is 0. The Morgan fingerprint density at radius 1 is 1.42 bits per heavy atom. The summed E-state index contributed by atoms with van der Waals surface area (Å²) in [6, 6.07) is 4.21. The Kier molecular flexibility index (Phi) is 2.78. The molecule has 0 unspecified atom stereocenters. The van der Waals surface area contributed by atoms with Crippen LogP contribution in [-0.2, 0) is 6.42 Å². The van der Waals surface area contributed by atoms with Gasteiger partial charge < -0.3 is 10.2 Å². The van der Waals surface area contributed by atoms with Gasteiger partial charge in [0, 0.05) is 5.56 Å². The summed E-state index contributed by atoms with van der Waals surface area (Å²) in [4.78, 5) is 0. The van der Waals surface area contributed by atoms with Gasteiger partial charge in [-0.2, -0.15) is 0 Å². The summed E-state index contributed by atoms with van der Waals surface area (Å²) < 4.78 is 13.0. The van der Waals surface area contributed by atoms with Crippen molar-refractivity contribution < 1.29 is 14.6 Å². The predicted molar refractivity (Wildman–Crippen MR) is 43.0 cm³/mol. The molecule has 1 aromatic rings. The van der Waals surface area contributed by atoms with E-state index in [0.717, 1.165) is 6.07 Å². The number of aliphatic hydroxyl groups is 2. The highest BCUT2D eigenvalue weighted by Gasteiger charge is 2.05. The summed E-state index contributed by atoms with van der Waals surface area (Å²) in [5.74, 6) is -0.386. The smallest absolute Gasteiger partial charge is 0.178 e. The van der Waals surface area contributed by atoms with Gasteiger partial charge in [0.15, 0.2) is 6.29 Å². The van der Waals surface area contributed by atoms with Crippen LogP contribution in [0.1, 0.15) is 24.3 Å². The lowest BCUT2D eigenvalue weighted by Gasteiger charge is -2.05. The van der Waals surface area contributed by atoms with E-state index in [4.69, 9.17) is 10.2 Å². The molecule has 1 aromatic carbocycles. The molecule has 0 saturated carbocycles. The minimum absolute atomic E-state index is 0.185. The summed E-state index contributed by atoms with van der Waals surface area (Å²) in [5.41, 5.74) is 0.768. The summed E-state index contributed by atoms with van der Waals surface area (Å²) in [5, 5.41) is 17.4. The molecular weight excluding hydrogens is 159 g/mol. The van der Waals surface area contributed by atoms with Gasteiger partial charge in [0.05, 0.1) is 0 Å². The van der Waals surface area contributed by atoms with Crippen LogP contribution < -0.4 is 0 Å². The van der Waals surface area contributed by atoms with E-state index in [0.29, 0.717) is 12.0 Å². The Balaban J connectivity index is 3.02. The highest BCUT2D eigenvalue weighted by molar-refractivity contribution is 5.24. The average Bonchev–Trinajstić information content (AvgIpc) is 2.04. The first-order valence-corrected chi connectivity index (χ1v) is 3.79. The molecule has 0 heterocycles. The molecule has 12 heavy (non-hydrogen) atoms. The van der Waals surface area contributed by atoms with Crippen LogP contribution in [0.25, 0.3) is 0 Å². The third kappa shape index (κ3) is 1.81. The predicted octanol–water partition coefficient (Wildman–Crippen LogP) is 1.37. The number of aliphatic hydroxyl groups excluding tert-OH is 1. The third-order valence-corrected chi connectivity index (χ3v) is 1.76. The minimum atomic E-state index is -1.59. The van der Waals surface area contributed by atoms with E-state index in [-0.39, 0.29) is 11.4 Å². The second-order valence-corrected chi connectivity index (χ2v) is 2.58. The largest absolute Gasteiger partial charge is 0.364 e. The van der Waals surface area contributed by atoms with Gasteiger partial charge in [0.1, 0.15) is 5.82 Å². The fraction of sp³-hybridized carbons (Fsp3) is 0.333. The first kappa shape index (κ1) is 9.16. The van der Waals surface area contributed by atoms with Gasteiger partial charge in [0.25, 0.3) is 0 Å². The monoisotopic (exact) mass is 170 g/mol. The van der Waals surface area contributed by atoms with E-state index in [1.165, 1.54) is 6.07 Å². The maximum atomic E-state index is 13.0. The fourth-order valence-electron chi connectivity index (χ4n) is 1.01. The molecular formula is C9H11FO2. The van der Waals surface area contributed by atoms with Crippen LogP contribution in [0.15, 0.2) is 18.2 Å². The zero-order valence-electron chi connectivity index (χ0n) is 6.79. The fourth-order valence-corrected chi connectivity index (χ4v) is 1.01. The molecule has 1 rings (SSSR count). The number of aryl methyl sites for hydroxylation is 1. The van der Waals surface area contributed by atoms with Crippen molar-refractivity contribution in [1.29, 1.82) is 0 Å². The number of benzene rings is 1. The van der Waals surface area contributed by atoms with E-state index in [2.05, 4.69) is 0 Å². The molecule has 0 spiro atoms. The van der Waals surface area contributed by atoms with E-state index in [1.807, 2.05) is 6.92 Å². The Morgan fingerprint density at radius 2 is 2.08 bits per heavy atom. The SMILES string of the molecule is CCc1ccc(C(O)O)cc1F. The van der Waals surface area contributed by atoms with Crippen molar-refractivity contribution in [2.45, 2.75) is 19.6 Å². The number of hydrogen-bond donors (Lipinski definition) is 2. The van der Waals surface area contributed by atoms with Crippen LogP contribution in [0.4, 0.5) is 4.39 Å². The topological polar surface area (TPSA) is 40.5 Å². The molecule has 0 aromatic heterocycles.